The van der Waals surface area contributed by atoms with E-state index in [0.717, 1.165) is 84.2 Å². The van der Waals surface area contributed by atoms with Crippen molar-refractivity contribution in [2.45, 2.75) is 58.4 Å². The van der Waals surface area contributed by atoms with Crippen LogP contribution in [0.3, 0.4) is 0 Å². The molecule has 1 amide bonds. The zero-order chi connectivity index (χ0) is 31.1. The molecule has 0 radical (unpaired) electrons. The van der Waals surface area contributed by atoms with Crippen LogP contribution in [0.2, 0.25) is 0 Å². The molecule has 1 atom stereocenters. The van der Waals surface area contributed by atoms with Gasteiger partial charge in [0, 0.05) is 62.6 Å². The van der Waals surface area contributed by atoms with Gasteiger partial charge in [0.05, 0.1) is 6.61 Å². The molecule has 1 saturated heterocycles. The normalized spacial score (nSPS) is 26.6. The predicted octanol–water partition coefficient (Wildman–Crippen LogP) is 8.06. The van der Waals surface area contributed by atoms with E-state index in [2.05, 4.69) is 28.9 Å². The van der Waals surface area contributed by atoms with Crippen LogP contribution in [0.1, 0.15) is 74.3 Å². The lowest BCUT2D eigenvalue weighted by atomic mass is 9.49. The highest BCUT2D eigenvalue weighted by molar-refractivity contribution is 5.94. The minimum absolute atomic E-state index is 0.0135. The number of anilines is 1. The lowest BCUT2D eigenvalue weighted by Crippen LogP contribution is -2.51. The van der Waals surface area contributed by atoms with Crippen molar-refractivity contribution in [3.8, 4) is 16.9 Å². The molecule has 4 bridgehead atoms. The maximum Gasteiger partial charge on any atom is 0.253 e. The monoisotopic (exact) mass is 609 g/mol. The summed E-state index contributed by atoms with van der Waals surface area (Å²) in [5.74, 6) is 3.47. The van der Waals surface area contributed by atoms with E-state index in [1.807, 2.05) is 67.4 Å². The first-order chi connectivity index (χ1) is 21.8. The predicted molar refractivity (Wildman–Crippen MR) is 179 cm³/mol. The Morgan fingerprint density at radius 2 is 1.56 bits per heavy atom. The van der Waals surface area contributed by atoms with Crippen LogP contribution in [0.4, 0.5) is 10.1 Å². The fourth-order valence-corrected chi connectivity index (χ4v) is 9.64. The van der Waals surface area contributed by atoms with Gasteiger partial charge in [0.2, 0.25) is 0 Å². The van der Waals surface area contributed by atoms with Crippen LogP contribution in [0.25, 0.3) is 11.1 Å². The largest absolute Gasteiger partial charge is 0.494 e. The van der Waals surface area contributed by atoms with Crippen molar-refractivity contribution in [1.29, 1.82) is 0 Å². The van der Waals surface area contributed by atoms with Crippen LogP contribution in [0.5, 0.6) is 5.75 Å². The van der Waals surface area contributed by atoms with Crippen molar-refractivity contribution >= 4 is 11.6 Å². The van der Waals surface area contributed by atoms with E-state index in [9.17, 15) is 4.79 Å². The lowest BCUT2D eigenvalue weighted by Gasteiger charge is -2.57. The molecule has 6 heteroatoms. The number of piperazine rings is 1. The van der Waals surface area contributed by atoms with Gasteiger partial charge in [0.1, 0.15) is 11.6 Å². The number of rotatable bonds is 9. The first kappa shape index (κ1) is 30.3. The Balaban J connectivity index is 0.937. The van der Waals surface area contributed by atoms with Gasteiger partial charge in [-0.05, 0) is 129 Å². The molecule has 1 unspecified atom stereocenters. The van der Waals surface area contributed by atoms with E-state index >= 15 is 4.39 Å². The fraction of sp³-hybridized carbons (Fsp3) is 0.513. The molecule has 1 heterocycles. The van der Waals surface area contributed by atoms with Crippen molar-refractivity contribution in [3.63, 3.8) is 0 Å². The molecule has 1 aliphatic heterocycles. The number of halogens is 1. The van der Waals surface area contributed by atoms with Crippen LogP contribution in [0, 0.1) is 29.0 Å². The SMILES string of the molecule is CCOc1cccc(-c2ccc(C(C)N3CCN(c4ccc(C(=O)N(C)CC56CC7CC(CC(C7)C5)C6)cc4)CC3)c(F)c2)c1. The molecule has 0 N–H and O–H groups in total. The Morgan fingerprint density at radius 1 is 0.911 bits per heavy atom. The third-order valence-corrected chi connectivity index (χ3v) is 11.4. The van der Waals surface area contributed by atoms with Crippen molar-refractivity contribution in [2.24, 2.45) is 23.2 Å². The summed E-state index contributed by atoms with van der Waals surface area (Å²) in [7, 11) is 2.01. The van der Waals surface area contributed by atoms with Crippen LogP contribution in [0.15, 0.2) is 66.7 Å². The number of carbonyl (C=O) groups is 1. The average molecular weight is 610 g/mol. The topological polar surface area (TPSA) is 36.0 Å². The van der Waals surface area contributed by atoms with E-state index in [4.69, 9.17) is 4.74 Å². The minimum Gasteiger partial charge on any atom is -0.494 e. The highest BCUT2D eigenvalue weighted by Crippen LogP contribution is 2.60. The summed E-state index contributed by atoms with van der Waals surface area (Å²) in [4.78, 5) is 20.2. The van der Waals surface area contributed by atoms with E-state index in [1.54, 1.807) is 6.07 Å². The first-order valence-electron chi connectivity index (χ1n) is 17.2. The van der Waals surface area contributed by atoms with Gasteiger partial charge in [0.15, 0.2) is 0 Å². The number of amides is 1. The Labute approximate surface area is 268 Å². The number of carbonyl (C=O) groups excluding carboxylic acids is 1. The second-order valence-corrected chi connectivity index (χ2v) is 14.5. The van der Waals surface area contributed by atoms with Gasteiger partial charge in [-0.25, -0.2) is 4.39 Å². The zero-order valence-corrected chi connectivity index (χ0v) is 27.2. The summed E-state index contributed by atoms with van der Waals surface area (Å²) in [6.07, 6.45) is 8.26. The van der Waals surface area contributed by atoms with Gasteiger partial charge < -0.3 is 14.5 Å². The molecular weight excluding hydrogens is 561 g/mol. The lowest BCUT2D eigenvalue weighted by molar-refractivity contribution is -0.0629. The van der Waals surface area contributed by atoms with Crippen molar-refractivity contribution in [1.82, 2.24) is 9.80 Å². The molecule has 3 aromatic rings. The van der Waals surface area contributed by atoms with Gasteiger partial charge >= 0.3 is 0 Å². The summed E-state index contributed by atoms with van der Waals surface area (Å²) in [6, 6.07) is 21.6. The number of nitrogens with zero attached hydrogens (tertiary/aromatic N) is 3. The number of benzene rings is 3. The highest BCUT2D eigenvalue weighted by atomic mass is 19.1. The zero-order valence-electron chi connectivity index (χ0n) is 27.2. The number of ether oxygens (including phenoxy) is 1. The quantitative estimate of drug-likeness (QED) is 0.246. The minimum atomic E-state index is -0.169. The van der Waals surface area contributed by atoms with Crippen molar-refractivity contribution < 1.29 is 13.9 Å². The average Bonchev–Trinajstić information content (AvgIpc) is 3.04. The molecule has 3 aromatic carbocycles. The summed E-state index contributed by atoms with van der Waals surface area (Å²) in [6.45, 7) is 9.02. The van der Waals surface area contributed by atoms with Crippen molar-refractivity contribution in [3.05, 3.63) is 83.7 Å². The third kappa shape index (κ3) is 6.23. The molecule has 0 spiro atoms. The molecule has 0 aromatic heterocycles. The number of hydrogen-bond donors (Lipinski definition) is 0. The number of hydrogen-bond acceptors (Lipinski definition) is 4. The van der Waals surface area contributed by atoms with Gasteiger partial charge in [-0.1, -0.05) is 24.3 Å². The van der Waals surface area contributed by atoms with E-state index < -0.39 is 0 Å². The van der Waals surface area contributed by atoms with Gasteiger partial charge in [-0.2, -0.15) is 0 Å². The maximum absolute atomic E-state index is 15.4. The molecular formula is C39H48FN3O2. The van der Waals surface area contributed by atoms with Gasteiger partial charge in [-0.15, -0.1) is 0 Å². The Kier molecular flexibility index (Phi) is 8.37. The molecule has 5 fully saturated rings. The smallest absolute Gasteiger partial charge is 0.253 e. The van der Waals surface area contributed by atoms with Crippen LogP contribution < -0.4 is 9.64 Å². The standard InChI is InChI=1S/C39H48FN3O2/c1-4-45-35-7-5-6-32(21-35)33-10-13-36(37(40)22-33)27(2)42-14-16-43(17-15-42)34-11-8-31(9-12-34)38(44)41(3)26-39-23-28-18-29(24-39)20-30(19-28)25-39/h5-13,21-22,27-30H,4,14-20,23-26H2,1-3H3. The van der Waals surface area contributed by atoms with E-state index in [1.165, 1.54) is 38.5 Å². The molecule has 45 heavy (non-hydrogen) atoms. The second-order valence-electron chi connectivity index (χ2n) is 14.5. The first-order valence-corrected chi connectivity index (χ1v) is 17.2. The van der Waals surface area contributed by atoms with Crippen LogP contribution in [-0.2, 0) is 0 Å². The molecule has 5 aliphatic rings. The molecule has 5 nitrogen and oxygen atoms in total. The van der Waals surface area contributed by atoms with Gasteiger partial charge in [0.25, 0.3) is 5.91 Å². The molecule has 4 saturated carbocycles. The second kappa shape index (κ2) is 12.4. The third-order valence-electron chi connectivity index (χ3n) is 11.4. The van der Waals surface area contributed by atoms with Crippen LogP contribution >= 0.6 is 0 Å². The van der Waals surface area contributed by atoms with Gasteiger partial charge in [-0.3, -0.25) is 9.69 Å². The van der Waals surface area contributed by atoms with E-state index in [-0.39, 0.29) is 17.8 Å². The summed E-state index contributed by atoms with van der Waals surface area (Å²) in [5.41, 5.74) is 4.82. The maximum atomic E-state index is 15.4. The summed E-state index contributed by atoms with van der Waals surface area (Å²) in [5, 5.41) is 0. The Hall–Kier alpha value is -3.38. The van der Waals surface area contributed by atoms with Crippen LogP contribution in [-0.4, -0.2) is 62.1 Å². The molecule has 8 rings (SSSR count). The Bertz CT molecular complexity index is 1480. The molecule has 4 aliphatic carbocycles. The fourth-order valence-electron chi connectivity index (χ4n) is 9.64. The summed E-state index contributed by atoms with van der Waals surface area (Å²) >= 11 is 0. The van der Waals surface area contributed by atoms with Crippen molar-refractivity contribution in [2.75, 3.05) is 51.3 Å². The van der Waals surface area contributed by atoms with E-state index in [0.29, 0.717) is 12.0 Å². The Morgan fingerprint density at radius 3 is 2.18 bits per heavy atom. The summed E-state index contributed by atoms with van der Waals surface area (Å²) < 4.78 is 21.0. The highest BCUT2D eigenvalue weighted by Gasteiger charge is 2.51. The molecule has 238 valence electrons.